The number of esters is 1. The Bertz CT molecular complexity index is 805. The van der Waals surface area contributed by atoms with Crippen molar-refractivity contribution in [3.63, 3.8) is 0 Å². The van der Waals surface area contributed by atoms with Crippen molar-refractivity contribution in [1.82, 2.24) is 5.32 Å². The van der Waals surface area contributed by atoms with E-state index in [-0.39, 0.29) is 23.0 Å². The number of anilines is 1. The number of aryl methyl sites for hydroxylation is 1. The van der Waals surface area contributed by atoms with Crippen molar-refractivity contribution in [2.24, 2.45) is 11.1 Å². The Labute approximate surface area is 158 Å². The molecule has 0 aliphatic carbocycles. The van der Waals surface area contributed by atoms with Gasteiger partial charge in [0, 0.05) is 12.1 Å². The molecule has 0 heterocycles. The van der Waals surface area contributed by atoms with Gasteiger partial charge in [-0.15, -0.1) is 0 Å². The van der Waals surface area contributed by atoms with E-state index in [4.69, 9.17) is 9.88 Å². The minimum Gasteiger partial charge on any atom is -0.454 e. The topological polar surface area (TPSA) is 145 Å². The molecule has 0 aliphatic heterocycles. The molecule has 0 spiro atoms. The van der Waals surface area contributed by atoms with E-state index in [1.807, 2.05) is 13.8 Å². The monoisotopic (exact) mass is 399 g/mol. The Hall–Kier alpha value is -2.46. The van der Waals surface area contributed by atoms with Gasteiger partial charge in [0.1, 0.15) is 6.54 Å². The lowest BCUT2D eigenvalue weighted by molar-refractivity contribution is -0.147. The van der Waals surface area contributed by atoms with E-state index in [0.29, 0.717) is 24.3 Å². The fourth-order valence-corrected chi connectivity index (χ4v) is 2.87. The third-order valence-electron chi connectivity index (χ3n) is 3.52. The average molecular weight is 399 g/mol. The summed E-state index contributed by atoms with van der Waals surface area (Å²) in [5.74, 6) is -1.29. The molecule has 0 unspecified atom stereocenters. The minimum absolute atomic E-state index is 0.110. The molecule has 1 aromatic rings. The first-order valence-electron chi connectivity index (χ1n) is 8.34. The fourth-order valence-electron chi connectivity index (χ4n) is 2.06. The van der Waals surface area contributed by atoms with Crippen molar-refractivity contribution in [2.45, 2.75) is 38.5 Å². The standard InChI is InChI=1S/C17H25N3O6S/c1-11(2)4-7-15(21)19-9-17(23)26-10-16(22)20-13-6-5-12(3)14(8-13)27(18,24)25/h5-6,8,11H,4,7,9-10H2,1-3H3,(H,19,21)(H,20,22)(H2,18,24,25). The zero-order chi connectivity index (χ0) is 20.6. The van der Waals surface area contributed by atoms with Crippen LogP contribution in [0.3, 0.4) is 0 Å². The molecule has 10 heteroatoms. The van der Waals surface area contributed by atoms with Crippen molar-refractivity contribution in [3.05, 3.63) is 23.8 Å². The summed E-state index contributed by atoms with van der Waals surface area (Å²) in [6.07, 6.45) is 1.02. The quantitative estimate of drug-likeness (QED) is 0.521. The molecule has 150 valence electrons. The number of ether oxygens (including phenoxy) is 1. The molecule has 0 saturated heterocycles. The molecule has 1 aromatic carbocycles. The number of nitrogens with two attached hydrogens (primary N) is 1. The van der Waals surface area contributed by atoms with Gasteiger partial charge >= 0.3 is 5.97 Å². The number of hydrogen-bond acceptors (Lipinski definition) is 6. The number of benzene rings is 1. The Balaban J connectivity index is 2.45. The molecule has 0 radical (unpaired) electrons. The van der Waals surface area contributed by atoms with E-state index in [2.05, 4.69) is 10.6 Å². The maximum Gasteiger partial charge on any atom is 0.325 e. The summed E-state index contributed by atoms with van der Waals surface area (Å²) in [6, 6.07) is 4.21. The smallest absolute Gasteiger partial charge is 0.325 e. The molecule has 0 fully saturated rings. The molecule has 0 aliphatic rings. The first kappa shape index (κ1) is 22.6. The van der Waals surface area contributed by atoms with Crippen molar-refractivity contribution in [2.75, 3.05) is 18.5 Å². The number of rotatable bonds is 9. The molecule has 9 nitrogen and oxygen atoms in total. The molecule has 0 bridgehead atoms. The second-order valence-corrected chi connectivity index (χ2v) is 7.97. The number of nitrogens with one attached hydrogen (secondary N) is 2. The highest BCUT2D eigenvalue weighted by Gasteiger charge is 2.14. The van der Waals surface area contributed by atoms with Gasteiger partial charge in [-0.2, -0.15) is 0 Å². The van der Waals surface area contributed by atoms with Crippen LogP contribution in [0.2, 0.25) is 0 Å². The van der Waals surface area contributed by atoms with E-state index >= 15 is 0 Å². The highest BCUT2D eigenvalue weighted by Crippen LogP contribution is 2.18. The van der Waals surface area contributed by atoms with Crippen LogP contribution in [-0.2, 0) is 29.1 Å². The van der Waals surface area contributed by atoms with E-state index in [1.54, 1.807) is 6.92 Å². The second-order valence-electron chi connectivity index (χ2n) is 6.44. The predicted molar refractivity (Wildman–Crippen MR) is 99.2 cm³/mol. The lowest BCUT2D eigenvalue weighted by Gasteiger charge is -2.10. The van der Waals surface area contributed by atoms with Crippen LogP contribution in [-0.4, -0.2) is 39.4 Å². The summed E-state index contributed by atoms with van der Waals surface area (Å²) in [7, 11) is -3.92. The molecular weight excluding hydrogens is 374 g/mol. The van der Waals surface area contributed by atoms with Crippen LogP contribution in [0.15, 0.2) is 23.1 Å². The van der Waals surface area contributed by atoms with Gasteiger partial charge in [-0.3, -0.25) is 14.4 Å². The van der Waals surface area contributed by atoms with Gasteiger partial charge in [-0.05, 0) is 37.0 Å². The van der Waals surface area contributed by atoms with Crippen LogP contribution in [0.5, 0.6) is 0 Å². The fraction of sp³-hybridized carbons (Fsp3) is 0.471. The van der Waals surface area contributed by atoms with Crippen molar-refractivity contribution in [1.29, 1.82) is 0 Å². The molecule has 0 atom stereocenters. The molecule has 1 rings (SSSR count). The normalized spacial score (nSPS) is 11.1. The number of carbonyl (C=O) groups excluding carboxylic acids is 3. The Morgan fingerprint density at radius 3 is 2.44 bits per heavy atom. The number of sulfonamides is 1. The van der Waals surface area contributed by atoms with Gasteiger partial charge in [-0.25, -0.2) is 13.6 Å². The first-order chi connectivity index (χ1) is 12.5. The minimum atomic E-state index is -3.92. The zero-order valence-electron chi connectivity index (χ0n) is 15.6. The maximum absolute atomic E-state index is 11.8. The maximum atomic E-state index is 11.8. The van der Waals surface area contributed by atoms with Gasteiger partial charge in [0.2, 0.25) is 15.9 Å². The third kappa shape index (κ3) is 8.65. The number of hydrogen-bond donors (Lipinski definition) is 3. The summed E-state index contributed by atoms with van der Waals surface area (Å²) in [5, 5.41) is 9.93. The second kappa shape index (κ2) is 10.0. The van der Waals surface area contributed by atoms with Crippen LogP contribution < -0.4 is 15.8 Å². The molecule has 27 heavy (non-hydrogen) atoms. The van der Waals surface area contributed by atoms with Gasteiger partial charge < -0.3 is 15.4 Å². The van der Waals surface area contributed by atoms with Gasteiger partial charge in [0.25, 0.3) is 5.91 Å². The lowest BCUT2D eigenvalue weighted by Crippen LogP contribution is -2.32. The van der Waals surface area contributed by atoms with Crippen LogP contribution in [0, 0.1) is 12.8 Å². The summed E-state index contributed by atoms with van der Waals surface area (Å²) in [6.45, 7) is 4.65. The number of amides is 2. The van der Waals surface area contributed by atoms with Crippen LogP contribution in [0.4, 0.5) is 5.69 Å². The first-order valence-corrected chi connectivity index (χ1v) is 9.89. The van der Waals surface area contributed by atoms with E-state index in [9.17, 15) is 22.8 Å². The molecule has 4 N–H and O–H groups in total. The number of primary sulfonamides is 1. The van der Waals surface area contributed by atoms with Gasteiger partial charge in [0.15, 0.2) is 6.61 Å². The SMILES string of the molecule is Cc1ccc(NC(=O)COC(=O)CNC(=O)CCC(C)C)cc1S(N)(=O)=O. The Morgan fingerprint density at radius 2 is 1.85 bits per heavy atom. The summed E-state index contributed by atoms with van der Waals surface area (Å²) >= 11 is 0. The largest absolute Gasteiger partial charge is 0.454 e. The predicted octanol–water partition coefficient (Wildman–Crippen LogP) is 0.677. The molecule has 2 amide bonds. The number of carbonyl (C=O) groups is 3. The highest BCUT2D eigenvalue weighted by molar-refractivity contribution is 7.89. The van der Waals surface area contributed by atoms with E-state index in [0.717, 1.165) is 0 Å². The molecule has 0 aromatic heterocycles. The van der Waals surface area contributed by atoms with Crippen molar-refractivity contribution < 1.29 is 27.5 Å². The zero-order valence-corrected chi connectivity index (χ0v) is 16.4. The summed E-state index contributed by atoms with van der Waals surface area (Å²) in [4.78, 5) is 34.8. The van der Waals surface area contributed by atoms with Crippen LogP contribution >= 0.6 is 0 Å². The summed E-state index contributed by atoms with van der Waals surface area (Å²) < 4.78 is 27.7. The van der Waals surface area contributed by atoms with Gasteiger partial charge in [0.05, 0.1) is 4.90 Å². The van der Waals surface area contributed by atoms with Crippen LogP contribution in [0.1, 0.15) is 32.3 Å². The lowest BCUT2D eigenvalue weighted by atomic mass is 10.1. The Morgan fingerprint density at radius 1 is 1.19 bits per heavy atom. The highest BCUT2D eigenvalue weighted by atomic mass is 32.2. The van der Waals surface area contributed by atoms with Crippen molar-refractivity contribution in [3.8, 4) is 0 Å². The summed E-state index contributed by atoms with van der Waals surface area (Å²) in [5.41, 5.74) is 0.641. The van der Waals surface area contributed by atoms with Crippen molar-refractivity contribution >= 4 is 33.5 Å². The van der Waals surface area contributed by atoms with Crippen LogP contribution in [0.25, 0.3) is 0 Å². The molecule has 0 saturated carbocycles. The Kier molecular flexibility index (Phi) is 8.38. The third-order valence-corrected chi connectivity index (χ3v) is 4.57. The molecular formula is C17H25N3O6S. The van der Waals surface area contributed by atoms with E-state index < -0.39 is 28.5 Å². The van der Waals surface area contributed by atoms with E-state index in [1.165, 1.54) is 18.2 Å². The van der Waals surface area contributed by atoms with Gasteiger partial charge in [-0.1, -0.05) is 19.9 Å². The average Bonchev–Trinajstić information content (AvgIpc) is 2.57.